The third kappa shape index (κ3) is 4.65. The topological polar surface area (TPSA) is 133 Å². The highest BCUT2D eigenvalue weighted by Crippen LogP contribution is 2.28. The summed E-state index contributed by atoms with van der Waals surface area (Å²) in [5.41, 5.74) is -0.147. The number of carbonyl (C=O) groups is 4. The number of aromatic carboxylic acids is 2. The molecule has 0 saturated heterocycles. The highest BCUT2D eigenvalue weighted by atomic mass is 16.4. The van der Waals surface area contributed by atoms with Crippen LogP contribution in [0.2, 0.25) is 0 Å². The van der Waals surface area contributed by atoms with Crippen molar-refractivity contribution in [3.63, 3.8) is 0 Å². The summed E-state index contributed by atoms with van der Waals surface area (Å²) in [5, 5.41) is 23.7. The number of amides is 2. The van der Waals surface area contributed by atoms with Gasteiger partial charge in [0.1, 0.15) is 0 Å². The first-order valence-corrected chi connectivity index (χ1v) is 9.30. The summed E-state index contributed by atoms with van der Waals surface area (Å²) in [6, 6.07) is 8.96. The largest absolute Gasteiger partial charge is 0.478 e. The molecule has 2 amide bonds. The van der Waals surface area contributed by atoms with E-state index in [0.717, 1.165) is 24.1 Å². The van der Waals surface area contributed by atoms with Crippen molar-refractivity contribution < 1.29 is 29.4 Å². The van der Waals surface area contributed by atoms with Crippen LogP contribution in [-0.2, 0) is 5.41 Å². The lowest BCUT2D eigenvalue weighted by molar-refractivity contribution is 0.0689. The van der Waals surface area contributed by atoms with E-state index in [9.17, 15) is 29.4 Å². The van der Waals surface area contributed by atoms with Crippen LogP contribution in [0.25, 0.3) is 0 Å². The molecule has 0 bridgehead atoms. The van der Waals surface area contributed by atoms with Gasteiger partial charge in [0.25, 0.3) is 11.8 Å². The molecule has 2 aromatic carbocycles. The van der Waals surface area contributed by atoms with Gasteiger partial charge in [-0.2, -0.15) is 0 Å². The van der Waals surface area contributed by atoms with Gasteiger partial charge in [-0.1, -0.05) is 32.9 Å². The van der Waals surface area contributed by atoms with Crippen LogP contribution in [0.5, 0.6) is 0 Å². The molecule has 0 aliphatic heterocycles. The van der Waals surface area contributed by atoms with E-state index < -0.39 is 34.9 Å². The molecule has 0 atom stereocenters. The fraction of sp³-hybridized carbons (Fsp3) is 0.273. The minimum absolute atomic E-state index is 0.0336. The van der Waals surface area contributed by atoms with E-state index in [0.29, 0.717) is 5.69 Å². The molecule has 0 spiro atoms. The Hall–Kier alpha value is -3.68. The molecule has 0 heterocycles. The average Bonchev–Trinajstić information content (AvgIpc) is 2.72. The van der Waals surface area contributed by atoms with E-state index >= 15 is 0 Å². The Bertz CT molecular complexity index is 1010. The fourth-order valence-corrected chi connectivity index (χ4v) is 2.87. The molecular formula is C22H24N2O6. The van der Waals surface area contributed by atoms with Gasteiger partial charge in [-0.05, 0) is 41.7 Å². The van der Waals surface area contributed by atoms with Crippen LogP contribution >= 0.6 is 0 Å². The van der Waals surface area contributed by atoms with Gasteiger partial charge >= 0.3 is 11.9 Å². The van der Waals surface area contributed by atoms with Crippen LogP contribution in [0.15, 0.2) is 36.4 Å². The van der Waals surface area contributed by atoms with Crippen molar-refractivity contribution in [3.8, 4) is 0 Å². The molecule has 4 N–H and O–H groups in total. The predicted octanol–water partition coefficient (Wildman–Crippen LogP) is 3.38. The van der Waals surface area contributed by atoms with Gasteiger partial charge in [0.2, 0.25) is 0 Å². The summed E-state index contributed by atoms with van der Waals surface area (Å²) >= 11 is 0. The monoisotopic (exact) mass is 412 g/mol. The molecule has 0 saturated carbocycles. The molecule has 2 aromatic rings. The molecular weight excluding hydrogens is 388 g/mol. The van der Waals surface area contributed by atoms with Crippen LogP contribution in [-0.4, -0.2) is 41.0 Å². The number of hydrogen-bond acceptors (Lipinski definition) is 4. The molecule has 0 aliphatic rings. The Kier molecular flexibility index (Phi) is 6.61. The third-order valence-electron chi connectivity index (χ3n) is 5.14. The second-order valence-corrected chi connectivity index (χ2v) is 7.40. The van der Waals surface area contributed by atoms with E-state index in [-0.39, 0.29) is 16.5 Å². The number of benzene rings is 2. The average molecular weight is 412 g/mol. The van der Waals surface area contributed by atoms with Gasteiger partial charge in [-0.3, -0.25) is 9.59 Å². The van der Waals surface area contributed by atoms with Gasteiger partial charge in [-0.25, -0.2) is 9.59 Å². The summed E-state index contributed by atoms with van der Waals surface area (Å²) < 4.78 is 0. The van der Waals surface area contributed by atoms with Crippen LogP contribution in [0.1, 0.15) is 74.2 Å². The van der Waals surface area contributed by atoms with Gasteiger partial charge in [-0.15, -0.1) is 0 Å². The maximum absolute atomic E-state index is 12.8. The number of carboxylic acids is 2. The number of carboxylic acid groups (broad SMARTS) is 2. The number of nitrogens with one attached hydrogen (secondary N) is 2. The zero-order valence-electron chi connectivity index (χ0n) is 17.2. The Morgan fingerprint density at radius 2 is 1.30 bits per heavy atom. The van der Waals surface area contributed by atoms with Gasteiger partial charge in [0.15, 0.2) is 0 Å². The zero-order chi connectivity index (χ0) is 22.6. The molecule has 0 fully saturated rings. The highest BCUT2D eigenvalue weighted by Gasteiger charge is 2.25. The van der Waals surface area contributed by atoms with Crippen molar-refractivity contribution in [2.24, 2.45) is 0 Å². The van der Waals surface area contributed by atoms with Crippen molar-refractivity contribution in [1.29, 1.82) is 0 Å². The summed E-state index contributed by atoms with van der Waals surface area (Å²) in [6.07, 6.45) is 0.929. The third-order valence-corrected chi connectivity index (χ3v) is 5.14. The Labute approximate surface area is 173 Å². The van der Waals surface area contributed by atoms with Crippen molar-refractivity contribution in [1.82, 2.24) is 5.32 Å². The first kappa shape index (κ1) is 22.6. The van der Waals surface area contributed by atoms with E-state index in [1.165, 1.54) is 7.05 Å². The Morgan fingerprint density at radius 3 is 1.73 bits per heavy atom. The van der Waals surface area contributed by atoms with Crippen LogP contribution < -0.4 is 10.6 Å². The molecule has 0 radical (unpaired) electrons. The lowest BCUT2D eigenvalue weighted by Gasteiger charge is -2.23. The first-order valence-electron chi connectivity index (χ1n) is 9.30. The van der Waals surface area contributed by atoms with Crippen molar-refractivity contribution in [2.75, 3.05) is 12.4 Å². The molecule has 2 rings (SSSR count). The maximum atomic E-state index is 12.8. The number of carbonyl (C=O) groups excluding carboxylic acids is 2. The molecule has 8 heteroatoms. The van der Waals surface area contributed by atoms with Crippen molar-refractivity contribution in [3.05, 3.63) is 64.2 Å². The zero-order valence-corrected chi connectivity index (χ0v) is 17.2. The van der Waals surface area contributed by atoms with E-state index in [1.54, 1.807) is 12.1 Å². The maximum Gasteiger partial charge on any atom is 0.336 e. The van der Waals surface area contributed by atoms with E-state index in [4.69, 9.17) is 0 Å². The van der Waals surface area contributed by atoms with Crippen molar-refractivity contribution >= 4 is 29.4 Å². The number of rotatable bonds is 7. The minimum atomic E-state index is -1.48. The summed E-state index contributed by atoms with van der Waals surface area (Å²) in [7, 11) is 1.30. The predicted molar refractivity (Wildman–Crippen MR) is 111 cm³/mol. The van der Waals surface area contributed by atoms with Gasteiger partial charge in [0, 0.05) is 12.7 Å². The summed E-state index contributed by atoms with van der Waals surface area (Å²) in [4.78, 5) is 47.9. The second kappa shape index (κ2) is 8.77. The van der Waals surface area contributed by atoms with E-state index in [1.807, 2.05) is 12.1 Å². The lowest BCUT2D eigenvalue weighted by atomic mass is 9.82. The lowest BCUT2D eigenvalue weighted by Crippen LogP contribution is -2.24. The standard InChI is InChI=1S/C22H24N2O6/c1-5-22(2,3)12-6-8-13(9-7-12)24-19(26)15-10-14(18(25)23-4)16(20(27)28)11-17(15)21(29)30/h6-11H,5H2,1-4H3,(H,23,25)(H,24,26)(H,27,28)(H,29,30). The molecule has 0 aliphatic carbocycles. The van der Waals surface area contributed by atoms with Crippen LogP contribution in [0.4, 0.5) is 5.69 Å². The minimum Gasteiger partial charge on any atom is -0.478 e. The normalized spacial score (nSPS) is 10.9. The molecule has 158 valence electrons. The quantitative estimate of drug-likeness (QED) is 0.551. The first-order chi connectivity index (χ1) is 14.0. The molecule has 0 unspecified atom stereocenters. The molecule has 8 nitrogen and oxygen atoms in total. The molecule has 30 heavy (non-hydrogen) atoms. The number of hydrogen-bond donors (Lipinski definition) is 4. The SMILES string of the molecule is CCC(C)(C)c1ccc(NC(=O)c2cc(C(=O)NC)c(C(=O)O)cc2C(=O)O)cc1. The van der Waals surface area contributed by atoms with Crippen LogP contribution in [0.3, 0.4) is 0 Å². The summed E-state index contributed by atoms with van der Waals surface area (Å²) in [5.74, 6) is -4.47. The summed E-state index contributed by atoms with van der Waals surface area (Å²) in [6.45, 7) is 6.28. The Morgan fingerprint density at radius 1 is 0.833 bits per heavy atom. The van der Waals surface area contributed by atoms with Gasteiger partial charge < -0.3 is 20.8 Å². The number of anilines is 1. The highest BCUT2D eigenvalue weighted by molar-refractivity contribution is 6.14. The Balaban J connectivity index is 2.46. The second-order valence-electron chi connectivity index (χ2n) is 7.40. The van der Waals surface area contributed by atoms with Crippen molar-refractivity contribution in [2.45, 2.75) is 32.6 Å². The smallest absolute Gasteiger partial charge is 0.336 e. The fourth-order valence-electron chi connectivity index (χ4n) is 2.87. The molecule has 0 aromatic heterocycles. The van der Waals surface area contributed by atoms with Crippen LogP contribution in [0, 0.1) is 0 Å². The van der Waals surface area contributed by atoms with E-state index in [2.05, 4.69) is 31.4 Å². The van der Waals surface area contributed by atoms with Gasteiger partial charge in [0.05, 0.1) is 22.3 Å².